The van der Waals surface area contributed by atoms with Gasteiger partial charge in [-0.05, 0) is 49.4 Å². The Kier molecular flexibility index (Phi) is 4.40. The Morgan fingerprint density at radius 1 is 1.28 bits per heavy atom. The van der Waals surface area contributed by atoms with Crippen LogP contribution >= 0.6 is 0 Å². The highest BCUT2D eigenvalue weighted by atomic mass is 16.1. The van der Waals surface area contributed by atoms with Crippen molar-refractivity contribution in [3.8, 4) is 0 Å². The minimum atomic E-state index is 0.796. The van der Waals surface area contributed by atoms with E-state index in [1.54, 1.807) is 0 Å². The van der Waals surface area contributed by atoms with Crippen LogP contribution < -0.4 is 4.90 Å². The Hall–Kier alpha value is -1.31. The van der Waals surface area contributed by atoms with Gasteiger partial charge in [-0.3, -0.25) is 4.79 Å². The lowest BCUT2D eigenvalue weighted by molar-refractivity contribution is 0.112. The molecule has 0 bridgehead atoms. The Labute approximate surface area is 110 Å². The summed E-state index contributed by atoms with van der Waals surface area (Å²) in [5.74, 6) is 0.842. The summed E-state index contributed by atoms with van der Waals surface area (Å²) in [6.07, 6.45) is 7.86. The molecule has 1 aromatic carbocycles. The smallest absolute Gasteiger partial charge is 0.150 e. The van der Waals surface area contributed by atoms with Crippen LogP contribution in [0.2, 0.25) is 0 Å². The maximum absolute atomic E-state index is 10.8. The van der Waals surface area contributed by atoms with Crippen LogP contribution in [0.3, 0.4) is 0 Å². The molecule has 98 valence electrons. The number of carbonyl (C=O) groups excluding carboxylic acids is 1. The van der Waals surface area contributed by atoms with Gasteiger partial charge in [0.05, 0.1) is 0 Å². The van der Waals surface area contributed by atoms with E-state index in [9.17, 15) is 4.79 Å². The summed E-state index contributed by atoms with van der Waals surface area (Å²) in [6.45, 7) is 3.14. The van der Waals surface area contributed by atoms with Gasteiger partial charge in [0.2, 0.25) is 0 Å². The number of aryl methyl sites for hydroxylation is 1. The molecule has 1 aliphatic carbocycles. The number of rotatable bonds is 4. The first-order chi connectivity index (χ1) is 8.70. The summed E-state index contributed by atoms with van der Waals surface area (Å²) >= 11 is 0. The average molecular weight is 245 g/mol. The first kappa shape index (κ1) is 13.1. The fourth-order valence-corrected chi connectivity index (χ4v) is 2.89. The monoisotopic (exact) mass is 245 g/mol. The van der Waals surface area contributed by atoms with E-state index >= 15 is 0 Å². The average Bonchev–Trinajstić information content (AvgIpc) is 2.39. The second kappa shape index (κ2) is 6.03. The Bertz CT molecular complexity index is 408. The van der Waals surface area contributed by atoms with Crippen LogP contribution in [0.15, 0.2) is 18.2 Å². The number of anilines is 1. The highest BCUT2D eigenvalue weighted by Gasteiger charge is 2.15. The normalized spacial score (nSPS) is 16.6. The van der Waals surface area contributed by atoms with Gasteiger partial charge in [-0.1, -0.05) is 19.3 Å². The highest BCUT2D eigenvalue weighted by molar-refractivity contribution is 5.78. The molecule has 0 unspecified atom stereocenters. The zero-order valence-corrected chi connectivity index (χ0v) is 11.5. The van der Waals surface area contributed by atoms with Gasteiger partial charge in [-0.2, -0.15) is 0 Å². The zero-order valence-electron chi connectivity index (χ0n) is 11.5. The fourth-order valence-electron chi connectivity index (χ4n) is 2.89. The van der Waals surface area contributed by atoms with E-state index in [2.05, 4.69) is 24.1 Å². The third-order valence-corrected chi connectivity index (χ3v) is 4.08. The van der Waals surface area contributed by atoms with Crippen molar-refractivity contribution in [3.05, 3.63) is 29.3 Å². The molecule has 0 saturated heterocycles. The maximum Gasteiger partial charge on any atom is 0.150 e. The summed E-state index contributed by atoms with van der Waals surface area (Å²) in [6, 6.07) is 6.10. The van der Waals surface area contributed by atoms with Crippen LogP contribution in [-0.4, -0.2) is 19.9 Å². The molecule has 0 atom stereocenters. The number of carbonyl (C=O) groups is 1. The molecule has 2 rings (SSSR count). The van der Waals surface area contributed by atoms with Gasteiger partial charge >= 0.3 is 0 Å². The largest absolute Gasteiger partial charge is 0.374 e. The molecule has 1 aliphatic rings. The topological polar surface area (TPSA) is 20.3 Å². The van der Waals surface area contributed by atoms with Gasteiger partial charge < -0.3 is 4.90 Å². The number of hydrogen-bond acceptors (Lipinski definition) is 2. The van der Waals surface area contributed by atoms with E-state index < -0.39 is 0 Å². The maximum atomic E-state index is 10.8. The van der Waals surface area contributed by atoms with E-state index in [1.165, 1.54) is 37.8 Å². The Morgan fingerprint density at radius 3 is 2.61 bits per heavy atom. The lowest BCUT2D eigenvalue weighted by Gasteiger charge is -2.28. The van der Waals surface area contributed by atoms with Gasteiger partial charge in [0, 0.05) is 24.8 Å². The van der Waals surface area contributed by atoms with Crippen molar-refractivity contribution in [1.29, 1.82) is 0 Å². The summed E-state index contributed by atoms with van der Waals surface area (Å²) in [5, 5.41) is 0. The van der Waals surface area contributed by atoms with Crippen LogP contribution in [0.25, 0.3) is 0 Å². The first-order valence-electron chi connectivity index (χ1n) is 6.97. The second-order valence-corrected chi connectivity index (χ2v) is 5.54. The fraction of sp³-hybridized carbons (Fsp3) is 0.562. The lowest BCUT2D eigenvalue weighted by atomic mass is 9.89. The van der Waals surface area contributed by atoms with Gasteiger partial charge in [-0.25, -0.2) is 0 Å². The molecule has 0 heterocycles. The molecule has 1 aromatic rings. The molecule has 0 amide bonds. The number of hydrogen-bond donors (Lipinski definition) is 0. The van der Waals surface area contributed by atoms with Crippen LogP contribution in [0.1, 0.15) is 48.0 Å². The van der Waals surface area contributed by atoms with E-state index in [-0.39, 0.29) is 0 Å². The second-order valence-electron chi connectivity index (χ2n) is 5.54. The molecule has 0 aliphatic heterocycles. The summed E-state index contributed by atoms with van der Waals surface area (Å²) in [4.78, 5) is 13.1. The molecule has 0 aromatic heterocycles. The summed E-state index contributed by atoms with van der Waals surface area (Å²) < 4.78 is 0. The van der Waals surface area contributed by atoms with E-state index in [0.29, 0.717) is 0 Å². The molecule has 0 N–H and O–H groups in total. The lowest BCUT2D eigenvalue weighted by Crippen LogP contribution is -2.26. The van der Waals surface area contributed by atoms with Gasteiger partial charge in [0.25, 0.3) is 0 Å². The Balaban J connectivity index is 2.01. The number of aldehydes is 1. The van der Waals surface area contributed by atoms with Crippen LogP contribution in [0.4, 0.5) is 5.69 Å². The summed E-state index contributed by atoms with van der Waals surface area (Å²) in [7, 11) is 2.16. The van der Waals surface area contributed by atoms with Gasteiger partial charge in [-0.15, -0.1) is 0 Å². The number of nitrogens with zero attached hydrogens (tertiary/aromatic N) is 1. The minimum absolute atomic E-state index is 0.796. The molecule has 0 spiro atoms. The van der Waals surface area contributed by atoms with E-state index in [0.717, 1.165) is 29.9 Å². The van der Waals surface area contributed by atoms with Crippen LogP contribution in [-0.2, 0) is 0 Å². The van der Waals surface area contributed by atoms with Crippen molar-refractivity contribution in [2.24, 2.45) is 5.92 Å². The molecule has 0 radical (unpaired) electrons. The zero-order chi connectivity index (χ0) is 13.0. The predicted octanol–water partition coefficient (Wildman–Crippen LogP) is 3.82. The molecule has 2 heteroatoms. The van der Waals surface area contributed by atoms with Gasteiger partial charge in [0.15, 0.2) is 0 Å². The third-order valence-electron chi connectivity index (χ3n) is 4.08. The first-order valence-corrected chi connectivity index (χ1v) is 6.97. The van der Waals surface area contributed by atoms with Crippen molar-refractivity contribution in [1.82, 2.24) is 0 Å². The van der Waals surface area contributed by atoms with Crippen LogP contribution in [0.5, 0.6) is 0 Å². The van der Waals surface area contributed by atoms with Crippen molar-refractivity contribution in [2.75, 3.05) is 18.5 Å². The summed E-state index contributed by atoms with van der Waals surface area (Å²) in [5.41, 5.74) is 3.09. The Morgan fingerprint density at radius 2 is 2.00 bits per heavy atom. The van der Waals surface area contributed by atoms with Gasteiger partial charge in [0.1, 0.15) is 6.29 Å². The van der Waals surface area contributed by atoms with E-state index in [4.69, 9.17) is 0 Å². The standard InChI is InChI=1S/C16H23NO/c1-13-10-16(9-8-15(13)12-18)17(2)11-14-6-4-3-5-7-14/h8-10,12,14H,3-7,11H2,1-2H3. The quantitative estimate of drug-likeness (QED) is 0.751. The molecule has 2 nitrogen and oxygen atoms in total. The molecule has 1 fully saturated rings. The van der Waals surface area contributed by atoms with E-state index in [1.807, 2.05) is 13.0 Å². The molecular weight excluding hydrogens is 222 g/mol. The highest BCUT2D eigenvalue weighted by Crippen LogP contribution is 2.26. The predicted molar refractivity (Wildman–Crippen MR) is 76.4 cm³/mol. The van der Waals surface area contributed by atoms with Crippen molar-refractivity contribution < 1.29 is 4.79 Å². The minimum Gasteiger partial charge on any atom is -0.374 e. The van der Waals surface area contributed by atoms with Crippen molar-refractivity contribution in [3.63, 3.8) is 0 Å². The number of benzene rings is 1. The SMILES string of the molecule is Cc1cc(N(C)CC2CCCCC2)ccc1C=O. The molecule has 18 heavy (non-hydrogen) atoms. The van der Waals surface area contributed by atoms with Crippen LogP contribution in [0, 0.1) is 12.8 Å². The third kappa shape index (κ3) is 3.12. The molecule has 1 saturated carbocycles. The van der Waals surface area contributed by atoms with Crippen molar-refractivity contribution in [2.45, 2.75) is 39.0 Å². The van der Waals surface area contributed by atoms with Crippen molar-refractivity contribution >= 4 is 12.0 Å². The molecular formula is C16H23NO.